The summed E-state index contributed by atoms with van der Waals surface area (Å²) in [5, 5.41) is -0.340. The lowest BCUT2D eigenvalue weighted by molar-refractivity contribution is 0.0526. The molecule has 0 heterocycles. The molecule has 1 aromatic carbocycles. The minimum absolute atomic E-state index is 0.105. The Morgan fingerprint density at radius 2 is 2.20 bits per heavy atom. The highest BCUT2D eigenvalue weighted by Gasteiger charge is 2.20. The molecule has 0 aliphatic carbocycles. The van der Waals surface area contributed by atoms with Gasteiger partial charge in [-0.15, -0.1) is 0 Å². The number of nitrogen functional groups attached to an aromatic ring is 1. The quantitative estimate of drug-likeness (QED) is 0.486. The maximum absolute atomic E-state index is 12.9. The van der Waals surface area contributed by atoms with Crippen LogP contribution in [-0.2, 0) is 4.74 Å². The average Bonchev–Trinajstić information content (AvgIpc) is 2.20. The van der Waals surface area contributed by atoms with E-state index in [0.717, 1.165) is 0 Å². The first kappa shape index (κ1) is 11.7. The Labute approximate surface area is 89.8 Å². The first-order chi connectivity index (χ1) is 6.99. The second-order valence-corrected chi connectivity index (χ2v) is 3.05. The largest absolute Gasteiger partial charge is 0.462 e. The van der Waals surface area contributed by atoms with Crippen LogP contribution in [0.15, 0.2) is 6.07 Å². The molecule has 0 spiro atoms. The summed E-state index contributed by atoms with van der Waals surface area (Å²) in [6, 6.07) is 0.659. The second-order valence-electron chi connectivity index (χ2n) is 2.67. The summed E-state index contributed by atoms with van der Waals surface area (Å²) >= 11 is 5.57. The van der Waals surface area contributed by atoms with Gasteiger partial charge in [0.2, 0.25) is 0 Å². The molecular weight excluding hydrogens is 228 g/mol. The van der Waals surface area contributed by atoms with Crippen molar-refractivity contribution in [2.24, 2.45) is 0 Å². The van der Waals surface area contributed by atoms with Gasteiger partial charge in [0.25, 0.3) is 0 Å². The van der Waals surface area contributed by atoms with Crippen molar-refractivity contribution in [3.8, 4) is 0 Å². The van der Waals surface area contributed by atoms with Crippen LogP contribution in [0.5, 0.6) is 0 Å². The van der Waals surface area contributed by atoms with Crippen molar-refractivity contribution in [3.05, 3.63) is 28.3 Å². The zero-order valence-corrected chi connectivity index (χ0v) is 8.57. The van der Waals surface area contributed by atoms with E-state index < -0.39 is 23.3 Å². The lowest BCUT2D eigenvalue weighted by Crippen LogP contribution is -2.09. The van der Waals surface area contributed by atoms with E-state index in [1.165, 1.54) is 0 Å². The van der Waals surface area contributed by atoms with E-state index in [1.807, 2.05) is 0 Å². The predicted octanol–water partition coefficient (Wildman–Crippen LogP) is 2.38. The molecule has 0 radical (unpaired) electrons. The van der Waals surface area contributed by atoms with Crippen molar-refractivity contribution in [3.63, 3.8) is 0 Å². The van der Waals surface area contributed by atoms with Gasteiger partial charge in [-0.2, -0.15) is 0 Å². The molecule has 1 rings (SSSR count). The fourth-order valence-electron chi connectivity index (χ4n) is 0.981. The molecule has 3 nitrogen and oxygen atoms in total. The van der Waals surface area contributed by atoms with E-state index in [2.05, 4.69) is 4.74 Å². The van der Waals surface area contributed by atoms with Gasteiger partial charge < -0.3 is 10.5 Å². The molecule has 0 amide bonds. The Kier molecular flexibility index (Phi) is 3.47. The Morgan fingerprint density at radius 3 is 2.73 bits per heavy atom. The number of hydrogen-bond acceptors (Lipinski definition) is 3. The first-order valence-corrected chi connectivity index (χ1v) is 4.46. The van der Waals surface area contributed by atoms with Gasteiger partial charge >= 0.3 is 5.97 Å². The highest BCUT2D eigenvalue weighted by atomic mass is 35.5. The Bertz CT molecular complexity index is 410. The van der Waals surface area contributed by atoms with Gasteiger partial charge in [-0.25, -0.2) is 13.6 Å². The van der Waals surface area contributed by atoms with Crippen LogP contribution in [-0.4, -0.2) is 12.6 Å². The van der Waals surface area contributed by atoms with E-state index in [1.54, 1.807) is 6.92 Å². The highest BCUT2D eigenvalue weighted by molar-refractivity contribution is 6.36. The number of esters is 1. The SMILES string of the molecule is CCOC(=O)c1cc(F)c(F)c(N)c1Cl. The maximum Gasteiger partial charge on any atom is 0.339 e. The number of carbonyl (C=O) groups is 1. The zero-order valence-electron chi connectivity index (χ0n) is 7.81. The van der Waals surface area contributed by atoms with Crippen LogP contribution in [0, 0.1) is 11.6 Å². The van der Waals surface area contributed by atoms with E-state index in [0.29, 0.717) is 6.07 Å². The molecule has 0 saturated heterocycles. The molecule has 6 heteroatoms. The molecule has 0 aliphatic rings. The van der Waals surface area contributed by atoms with E-state index in [-0.39, 0.29) is 17.2 Å². The van der Waals surface area contributed by atoms with Gasteiger partial charge in [0, 0.05) is 0 Å². The van der Waals surface area contributed by atoms with Crippen molar-refractivity contribution < 1.29 is 18.3 Å². The normalized spacial score (nSPS) is 10.1. The topological polar surface area (TPSA) is 52.3 Å². The van der Waals surface area contributed by atoms with Gasteiger partial charge in [-0.05, 0) is 13.0 Å². The number of nitrogens with two attached hydrogens (primary N) is 1. The molecule has 0 bridgehead atoms. The summed E-state index contributed by atoms with van der Waals surface area (Å²) in [7, 11) is 0. The maximum atomic E-state index is 12.9. The van der Waals surface area contributed by atoms with Gasteiger partial charge in [0.15, 0.2) is 11.6 Å². The number of carbonyl (C=O) groups excluding carboxylic acids is 1. The van der Waals surface area contributed by atoms with Crippen molar-refractivity contribution in [1.29, 1.82) is 0 Å². The van der Waals surface area contributed by atoms with Crippen LogP contribution in [0.3, 0.4) is 0 Å². The molecule has 1 aromatic rings. The summed E-state index contributed by atoms with van der Waals surface area (Å²) in [6.45, 7) is 1.68. The number of hydrogen-bond donors (Lipinski definition) is 1. The van der Waals surface area contributed by atoms with Gasteiger partial charge in [0.05, 0.1) is 22.9 Å². The third-order valence-corrected chi connectivity index (χ3v) is 2.09. The molecule has 82 valence electrons. The lowest BCUT2D eigenvalue weighted by Gasteiger charge is -2.07. The van der Waals surface area contributed by atoms with E-state index in [9.17, 15) is 13.6 Å². The van der Waals surface area contributed by atoms with Crippen LogP contribution < -0.4 is 5.73 Å². The minimum Gasteiger partial charge on any atom is -0.462 e. The minimum atomic E-state index is -1.27. The summed E-state index contributed by atoms with van der Waals surface area (Å²) in [5.74, 6) is -3.35. The van der Waals surface area contributed by atoms with Crippen molar-refractivity contribution >= 4 is 23.3 Å². The molecule has 0 aliphatic heterocycles. The molecular formula is C9H8ClF2NO2. The number of halogens is 3. The summed E-state index contributed by atoms with van der Waals surface area (Å²) < 4.78 is 30.4. The first-order valence-electron chi connectivity index (χ1n) is 4.09. The van der Waals surface area contributed by atoms with Gasteiger partial charge in [-0.3, -0.25) is 0 Å². The fourth-order valence-corrected chi connectivity index (χ4v) is 1.20. The lowest BCUT2D eigenvalue weighted by atomic mass is 10.2. The molecule has 0 fully saturated rings. The van der Waals surface area contributed by atoms with E-state index in [4.69, 9.17) is 17.3 Å². The molecule has 0 unspecified atom stereocenters. The zero-order chi connectivity index (χ0) is 11.6. The predicted molar refractivity (Wildman–Crippen MR) is 51.7 cm³/mol. The number of benzene rings is 1. The third kappa shape index (κ3) is 2.18. The van der Waals surface area contributed by atoms with Crippen molar-refractivity contribution in [2.45, 2.75) is 6.92 Å². The molecule has 15 heavy (non-hydrogen) atoms. The smallest absolute Gasteiger partial charge is 0.339 e. The van der Waals surface area contributed by atoms with Crippen LogP contribution >= 0.6 is 11.6 Å². The van der Waals surface area contributed by atoms with Gasteiger partial charge in [-0.1, -0.05) is 11.6 Å². The molecule has 2 N–H and O–H groups in total. The van der Waals surface area contributed by atoms with E-state index >= 15 is 0 Å². The molecule has 0 aromatic heterocycles. The highest BCUT2D eigenvalue weighted by Crippen LogP contribution is 2.28. The third-order valence-electron chi connectivity index (χ3n) is 1.69. The molecule has 0 atom stereocenters. The fraction of sp³-hybridized carbons (Fsp3) is 0.222. The summed E-state index contributed by atoms with van der Waals surface area (Å²) in [5.41, 5.74) is 4.28. The number of anilines is 1. The Balaban J connectivity index is 3.26. The summed E-state index contributed by atoms with van der Waals surface area (Å²) in [6.07, 6.45) is 0. The molecule has 0 saturated carbocycles. The summed E-state index contributed by atoms with van der Waals surface area (Å²) in [4.78, 5) is 11.2. The van der Waals surface area contributed by atoms with Gasteiger partial charge in [0.1, 0.15) is 0 Å². The monoisotopic (exact) mass is 235 g/mol. The van der Waals surface area contributed by atoms with Crippen molar-refractivity contribution in [2.75, 3.05) is 12.3 Å². The standard InChI is InChI=1S/C9H8ClF2NO2/c1-2-15-9(14)4-3-5(11)7(12)8(13)6(4)10/h3H,2,13H2,1H3. The van der Waals surface area contributed by atoms with Crippen LogP contribution in [0.25, 0.3) is 0 Å². The van der Waals surface area contributed by atoms with Crippen LogP contribution in [0.2, 0.25) is 5.02 Å². The Hall–Kier alpha value is -1.36. The number of rotatable bonds is 2. The second kappa shape index (κ2) is 4.44. The van der Waals surface area contributed by atoms with Crippen molar-refractivity contribution in [1.82, 2.24) is 0 Å². The Morgan fingerprint density at radius 1 is 1.60 bits per heavy atom. The average molecular weight is 236 g/mol. The van der Waals surface area contributed by atoms with Crippen LogP contribution in [0.4, 0.5) is 14.5 Å². The van der Waals surface area contributed by atoms with Crippen LogP contribution in [0.1, 0.15) is 17.3 Å². The number of ether oxygens (including phenoxy) is 1.